The first-order valence-corrected chi connectivity index (χ1v) is 13.0. The fourth-order valence-corrected chi connectivity index (χ4v) is 4.77. The molecule has 0 aliphatic carbocycles. The first kappa shape index (κ1) is 27.5. The van der Waals surface area contributed by atoms with Crippen LogP contribution < -0.4 is 20.4 Å². The van der Waals surface area contributed by atoms with Gasteiger partial charge in [-0.1, -0.05) is 17.7 Å². The molecule has 0 bridgehead atoms. The van der Waals surface area contributed by atoms with E-state index < -0.39 is 5.97 Å². The predicted octanol–water partition coefficient (Wildman–Crippen LogP) is 3.88. The van der Waals surface area contributed by atoms with Crippen molar-refractivity contribution in [2.75, 3.05) is 57.9 Å². The Balaban J connectivity index is 1.34. The highest BCUT2D eigenvalue weighted by Crippen LogP contribution is 2.31. The summed E-state index contributed by atoms with van der Waals surface area (Å²) in [5.74, 6) is -0.470. The zero-order valence-electron chi connectivity index (χ0n) is 21.8. The number of carbonyl (C=O) groups is 2. The zero-order chi connectivity index (χ0) is 27.2. The lowest BCUT2D eigenvalue weighted by Gasteiger charge is -2.36. The molecule has 38 heavy (non-hydrogen) atoms. The van der Waals surface area contributed by atoms with Crippen molar-refractivity contribution in [3.05, 3.63) is 68.5 Å². The number of hydrogen-bond donors (Lipinski definition) is 1. The third kappa shape index (κ3) is 5.95. The summed E-state index contributed by atoms with van der Waals surface area (Å²) in [7, 11) is 1.66. The van der Waals surface area contributed by atoms with Gasteiger partial charge in [0.2, 0.25) is 5.76 Å². The summed E-state index contributed by atoms with van der Waals surface area (Å²) < 4.78 is 16.2. The average molecular weight is 542 g/mol. The molecule has 2 aromatic carbocycles. The van der Waals surface area contributed by atoms with Gasteiger partial charge < -0.3 is 24.1 Å². The molecule has 1 fully saturated rings. The topological polar surface area (TPSA) is 101 Å². The van der Waals surface area contributed by atoms with E-state index in [-0.39, 0.29) is 45.8 Å². The molecule has 2 heterocycles. The highest BCUT2D eigenvalue weighted by atomic mass is 35.5. The van der Waals surface area contributed by atoms with E-state index in [9.17, 15) is 14.4 Å². The average Bonchev–Trinajstić information content (AvgIpc) is 2.93. The van der Waals surface area contributed by atoms with Crippen molar-refractivity contribution in [1.82, 2.24) is 10.2 Å². The number of anilines is 1. The molecule has 1 N–H and O–H groups in total. The molecular formula is C28H32ClN3O6. The Labute approximate surface area is 226 Å². The minimum Gasteiger partial charge on any atom is -0.495 e. The quantitative estimate of drug-likeness (QED) is 0.322. The summed E-state index contributed by atoms with van der Waals surface area (Å²) in [5.41, 5.74) is 1.07. The summed E-state index contributed by atoms with van der Waals surface area (Å²) in [6.07, 6.45) is 0.758. The van der Waals surface area contributed by atoms with Crippen LogP contribution in [0.25, 0.3) is 11.0 Å². The lowest BCUT2D eigenvalue weighted by Crippen LogP contribution is -2.47. The van der Waals surface area contributed by atoms with Gasteiger partial charge in [-0.3, -0.25) is 14.5 Å². The molecule has 0 atom stereocenters. The summed E-state index contributed by atoms with van der Waals surface area (Å²) in [4.78, 5) is 42.7. The van der Waals surface area contributed by atoms with Crippen molar-refractivity contribution < 1.29 is 23.5 Å². The Bertz CT molecular complexity index is 1380. The second-order valence-corrected chi connectivity index (χ2v) is 9.48. The van der Waals surface area contributed by atoms with Crippen LogP contribution in [0.4, 0.5) is 5.69 Å². The number of fused-ring (bicyclic) bond motifs is 1. The molecule has 10 heteroatoms. The Morgan fingerprint density at radius 1 is 1.13 bits per heavy atom. The van der Waals surface area contributed by atoms with Crippen LogP contribution in [0.2, 0.25) is 5.02 Å². The largest absolute Gasteiger partial charge is 0.495 e. The number of amides is 1. The fraction of sp³-hybridized carbons (Fsp3) is 0.393. The molecular weight excluding hydrogens is 510 g/mol. The molecule has 1 amide bonds. The summed E-state index contributed by atoms with van der Waals surface area (Å²) >= 11 is 6.19. The van der Waals surface area contributed by atoms with E-state index in [1.165, 1.54) is 6.92 Å². The number of nitrogens with zero attached hydrogens (tertiary/aromatic N) is 2. The number of nitrogens with one attached hydrogen (secondary N) is 1. The normalized spacial score (nSPS) is 13.9. The number of esters is 1. The van der Waals surface area contributed by atoms with Crippen LogP contribution in [-0.4, -0.2) is 69.8 Å². The number of piperazine rings is 1. The molecule has 4 rings (SSSR count). The number of halogens is 1. The van der Waals surface area contributed by atoms with Gasteiger partial charge in [0.1, 0.15) is 5.75 Å². The van der Waals surface area contributed by atoms with Gasteiger partial charge in [0, 0.05) is 43.3 Å². The first-order valence-electron chi connectivity index (χ1n) is 12.7. The van der Waals surface area contributed by atoms with Crippen molar-refractivity contribution >= 4 is 40.1 Å². The Kier molecular flexibility index (Phi) is 8.91. The Morgan fingerprint density at radius 2 is 1.89 bits per heavy atom. The van der Waals surface area contributed by atoms with Crippen LogP contribution in [0.5, 0.6) is 5.75 Å². The Hall–Kier alpha value is -3.56. The second kappa shape index (κ2) is 12.3. The van der Waals surface area contributed by atoms with Crippen molar-refractivity contribution in [2.45, 2.75) is 20.3 Å². The first-order chi connectivity index (χ1) is 18.3. The lowest BCUT2D eigenvalue weighted by molar-refractivity contribution is 0.0488. The second-order valence-electron chi connectivity index (χ2n) is 9.04. The third-order valence-electron chi connectivity index (χ3n) is 6.64. The van der Waals surface area contributed by atoms with Gasteiger partial charge in [0.15, 0.2) is 11.0 Å². The monoisotopic (exact) mass is 541 g/mol. The molecule has 0 spiro atoms. The highest BCUT2D eigenvalue weighted by molar-refractivity contribution is 6.31. The number of para-hydroxylation sites is 1. The smallest absolute Gasteiger partial charge is 0.374 e. The number of carbonyl (C=O) groups excluding carboxylic acids is 2. The number of ether oxygens (including phenoxy) is 2. The van der Waals surface area contributed by atoms with E-state index in [1.54, 1.807) is 32.2 Å². The van der Waals surface area contributed by atoms with Crippen LogP contribution in [0, 0.1) is 6.92 Å². The molecule has 202 valence electrons. The SMILES string of the molecule is CCOC(=O)c1oc2c(C(=O)NCCCN3CCN(c4cc(Cl)ccc4OC)CC3)cccc2c(=O)c1C. The van der Waals surface area contributed by atoms with Crippen LogP contribution >= 0.6 is 11.6 Å². The van der Waals surface area contributed by atoms with E-state index >= 15 is 0 Å². The van der Waals surface area contributed by atoms with E-state index in [0.29, 0.717) is 11.6 Å². The molecule has 1 saturated heterocycles. The van der Waals surface area contributed by atoms with Gasteiger partial charge in [-0.05, 0) is 57.1 Å². The lowest BCUT2D eigenvalue weighted by atomic mass is 10.1. The van der Waals surface area contributed by atoms with Crippen LogP contribution in [0.1, 0.15) is 39.8 Å². The van der Waals surface area contributed by atoms with Gasteiger partial charge in [-0.25, -0.2) is 4.79 Å². The van der Waals surface area contributed by atoms with Crippen LogP contribution in [-0.2, 0) is 4.74 Å². The van der Waals surface area contributed by atoms with Gasteiger partial charge in [0.05, 0.1) is 30.4 Å². The van der Waals surface area contributed by atoms with Crippen molar-refractivity contribution in [3.8, 4) is 5.75 Å². The number of hydrogen-bond acceptors (Lipinski definition) is 8. The van der Waals surface area contributed by atoms with Gasteiger partial charge in [0.25, 0.3) is 5.91 Å². The van der Waals surface area contributed by atoms with E-state index in [1.807, 2.05) is 18.2 Å². The van der Waals surface area contributed by atoms with Crippen LogP contribution in [0.15, 0.2) is 45.6 Å². The molecule has 0 saturated carbocycles. The number of benzene rings is 2. The highest BCUT2D eigenvalue weighted by Gasteiger charge is 2.23. The standard InChI is InChI=1S/C28H32ClN3O6/c1-4-37-28(35)25-18(2)24(33)20-7-5-8-21(26(20)38-25)27(34)30-11-6-12-31-13-15-32(16-14-31)22-17-19(29)9-10-23(22)36-3/h5,7-10,17H,4,6,11-16H2,1-3H3,(H,30,34). The molecule has 1 aliphatic heterocycles. The van der Waals surface area contributed by atoms with E-state index in [0.717, 1.165) is 50.6 Å². The maximum absolute atomic E-state index is 13.0. The van der Waals surface area contributed by atoms with Gasteiger partial charge in [-0.15, -0.1) is 0 Å². The van der Waals surface area contributed by atoms with E-state index in [4.69, 9.17) is 25.5 Å². The minimum atomic E-state index is -0.729. The van der Waals surface area contributed by atoms with Crippen molar-refractivity contribution in [1.29, 1.82) is 0 Å². The zero-order valence-corrected chi connectivity index (χ0v) is 22.6. The number of methoxy groups -OCH3 is 1. The summed E-state index contributed by atoms with van der Waals surface area (Å²) in [6, 6.07) is 10.4. The fourth-order valence-electron chi connectivity index (χ4n) is 4.60. The molecule has 9 nitrogen and oxygen atoms in total. The maximum Gasteiger partial charge on any atom is 0.374 e. The molecule has 1 aliphatic rings. The predicted molar refractivity (Wildman–Crippen MR) is 147 cm³/mol. The maximum atomic E-state index is 13.0. The Morgan fingerprint density at radius 3 is 2.61 bits per heavy atom. The molecule has 1 aromatic heterocycles. The van der Waals surface area contributed by atoms with Gasteiger partial charge >= 0.3 is 5.97 Å². The van der Waals surface area contributed by atoms with Gasteiger partial charge in [-0.2, -0.15) is 0 Å². The summed E-state index contributed by atoms with van der Waals surface area (Å²) in [6.45, 7) is 8.07. The summed E-state index contributed by atoms with van der Waals surface area (Å²) in [5, 5.41) is 3.83. The van der Waals surface area contributed by atoms with Crippen molar-refractivity contribution in [2.24, 2.45) is 0 Å². The number of rotatable bonds is 9. The van der Waals surface area contributed by atoms with E-state index in [2.05, 4.69) is 15.1 Å². The van der Waals surface area contributed by atoms with Crippen LogP contribution in [0.3, 0.4) is 0 Å². The third-order valence-corrected chi connectivity index (χ3v) is 6.88. The van der Waals surface area contributed by atoms with Crippen molar-refractivity contribution in [3.63, 3.8) is 0 Å². The molecule has 0 unspecified atom stereocenters. The minimum absolute atomic E-state index is 0.0798. The molecule has 0 radical (unpaired) electrons. The molecule has 3 aromatic rings.